The van der Waals surface area contributed by atoms with Gasteiger partial charge >= 0.3 is 6.18 Å². The van der Waals surface area contributed by atoms with Crippen molar-refractivity contribution >= 4 is 0 Å². The topological polar surface area (TPSA) is 21.3 Å². The maximum absolute atomic E-state index is 14.3. The third kappa shape index (κ3) is 3.74. The molecule has 1 saturated heterocycles. The lowest BCUT2D eigenvalue weighted by molar-refractivity contribution is -0.140. The van der Waals surface area contributed by atoms with E-state index >= 15 is 0 Å². The van der Waals surface area contributed by atoms with E-state index in [1.807, 2.05) is 6.92 Å². The molecule has 6 heteroatoms. The Labute approximate surface area is 121 Å². The molecule has 1 fully saturated rings. The molecule has 118 valence electrons. The van der Waals surface area contributed by atoms with Gasteiger partial charge in [0.1, 0.15) is 5.82 Å². The predicted molar refractivity (Wildman–Crippen MR) is 71.4 cm³/mol. The third-order valence-electron chi connectivity index (χ3n) is 3.72. The standard InChI is InChI=1S/C15H19F4NO/c1-2-7-20-14(10-6-8-21-9-10)11-4-3-5-12(13(11)16)15(17,18)19/h3-5,10,14,20H,2,6-9H2,1H3. The van der Waals surface area contributed by atoms with E-state index in [0.29, 0.717) is 19.8 Å². The number of rotatable bonds is 5. The van der Waals surface area contributed by atoms with Gasteiger partial charge in [-0.2, -0.15) is 13.2 Å². The molecule has 21 heavy (non-hydrogen) atoms. The first-order valence-electron chi connectivity index (χ1n) is 7.12. The molecule has 2 nitrogen and oxygen atoms in total. The summed E-state index contributed by atoms with van der Waals surface area (Å²) in [5.74, 6) is -1.18. The molecule has 1 aromatic carbocycles. The summed E-state index contributed by atoms with van der Waals surface area (Å²) in [6, 6.07) is 3.02. The number of hydrogen-bond acceptors (Lipinski definition) is 2. The van der Waals surface area contributed by atoms with E-state index in [1.165, 1.54) is 12.1 Å². The largest absolute Gasteiger partial charge is 0.419 e. The van der Waals surface area contributed by atoms with Crippen LogP contribution in [-0.2, 0) is 10.9 Å². The molecule has 1 heterocycles. The van der Waals surface area contributed by atoms with Gasteiger partial charge in [-0.3, -0.25) is 0 Å². The molecular weight excluding hydrogens is 286 g/mol. The summed E-state index contributed by atoms with van der Waals surface area (Å²) in [6.45, 7) is 3.58. The molecule has 0 spiro atoms. The normalized spacial score (nSPS) is 20.7. The number of halogens is 4. The SMILES string of the molecule is CCCNC(c1cccc(C(F)(F)F)c1F)C1CCOC1. The van der Waals surface area contributed by atoms with Crippen molar-refractivity contribution in [2.75, 3.05) is 19.8 Å². The fraction of sp³-hybridized carbons (Fsp3) is 0.600. The molecule has 1 N–H and O–H groups in total. The van der Waals surface area contributed by atoms with Gasteiger partial charge in [-0.1, -0.05) is 19.1 Å². The monoisotopic (exact) mass is 305 g/mol. The van der Waals surface area contributed by atoms with Gasteiger partial charge in [-0.25, -0.2) is 4.39 Å². The van der Waals surface area contributed by atoms with E-state index in [-0.39, 0.29) is 11.5 Å². The summed E-state index contributed by atoms with van der Waals surface area (Å²) in [5, 5.41) is 3.16. The third-order valence-corrected chi connectivity index (χ3v) is 3.72. The summed E-state index contributed by atoms with van der Waals surface area (Å²) < 4.78 is 58.1. The average molecular weight is 305 g/mol. The van der Waals surface area contributed by atoms with Gasteiger partial charge in [0.05, 0.1) is 12.2 Å². The van der Waals surface area contributed by atoms with Crippen LogP contribution < -0.4 is 5.32 Å². The van der Waals surface area contributed by atoms with Gasteiger partial charge in [-0.15, -0.1) is 0 Å². The second-order valence-electron chi connectivity index (χ2n) is 5.26. The van der Waals surface area contributed by atoms with Gasteiger partial charge in [0, 0.05) is 24.1 Å². The first-order valence-corrected chi connectivity index (χ1v) is 7.12. The lowest BCUT2D eigenvalue weighted by Gasteiger charge is -2.25. The minimum Gasteiger partial charge on any atom is -0.381 e. The van der Waals surface area contributed by atoms with E-state index in [1.54, 1.807) is 0 Å². The molecule has 2 unspecified atom stereocenters. The summed E-state index contributed by atoms with van der Waals surface area (Å²) in [7, 11) is 0. The molecule has 1 aliphatic heterocycles. The number of ether oxygens (including phenoxy) is 1. The van der Waals surface area contributed by atoms with Gasteiger partial charge < -0.3 is 10.1 Å². The van der Waals surface area contributed by atoms with Crippen LogP contribution in [0.25, 0.3) is 0 Å². The minimum absolute atomic E-state index is 0.00506. The highest BCUT2D eigenvalue weighted by Crippen LogP contribution is 2.36. The zero-order valence-electron chi connectivity index (χ0n) is 11.8. The van der Waals surface area contributed by atoms with Crippen molar-refractivity contribution in [3.63, 3.8) is 0 Å². The van der Waals surface area contributed by atoms with Crippen LogP contribution in [0.2, 0.25) is 0 Å². The number of nitrogens with one attached hydrogen (secondary N) is 1. The molecule has 0 amide bonds. The molecule has 0 aromatic heterocycles. The Bertz CT molecular complexity index is 469. The second-order valence-corrected chi connectivity index (χ2v) is 5.26. The highest BCUT2D eigenvalue weighted by molar-refractivity contribution is 5.31. The predicted octanol–water partition coefficient (Wildman–Crippen LogP) is 3.92. The van der Waals surface area contributed by atoms with E-state index in [4.69, 9.17) is 4.74 Å². The Kier molecular flexibility index (Phi) is 5.22. The quantitative estimate of drug-likeness (QED) is 0.833. The summed E-state index contributed by atoms with van der Waals surface area (Å²) in [5.41, 5.74) is -1.13. The number of hydrogen-bond donors (Lipinski definition) is 1. The van der Waals surface area contributed by atoms with Crippen LogP contribution in [0, 0.1) is 11.7 Å². The zero-order chi connectivity index (χ0) is 15.5. The fourth-order valence-electron chi connectivity index (χ4n) is 2.65. The van der Waals surface area contributed by atoms with Crippen LogP contribution in [0.15, 0.2) is 18.2 Å². The van der Waals surface area contributed by atoms with E-state index in [9.17, 15) is 17.6 Å². The molecule has 2 atom stereocenters. The van der Waals surface area contributed by atoms with Gasteiger partial charge in [0.25, 0.3) is 0 Å². The van der Waals surface area contributed by atoms with Crippen molar-refractivity contribution in [2.24, 2.45) is 5.92 Å². The van der Waals surface area contributed by atoms with Crippen LogP contribution in [0.4, 0.5) is 17.6 Å². The summed E-state index contributed by atoms with van der Waals surface area (Å²) >= 11 is 0. The maximum atomic E-state index is 14.3. The summed E-state index contributed by atoms with van der Waals surface area (Å²) in [6.07, 6.45) is -3.14. The average Bonchev–Trinajstić information content (AvgIpc) is 2.93. The van der Waals surface area contributed by atoms with Crippen molar-refractivity contribution in [3.8, 4) is 0 Å². The first kappa shape index (κ1) is 16.2. The Hall–Kier alpha value is -1.14. The van der Waals surface area contributed by atoms with Crippen LogP contribution >= 0.6 is 0 Å². The van der Waals surface area contributed by atoms with Gasteiger partial charge in [0.15, 0.2) is 0 Å². The van der Waals surface area contributed by atoms with Crippen molar-refractivity contribution in [1.82, 2.24) is 5.32 Å². The Balaban J connectivity index is 2.35. The Morgan fingerprint density at radius 3 is 2.71 bits per heavy atom. The molecule has 0 aliphatic carbocycles. The van der Waals surface area contributed by atoms with Gasteiger partial charge in [-0.05, 0) is 25.5 Å². The maximum Gasteiger partial charge on any atom is 0.419 e. The van der Waals surface area contributed by atoms with Crippen molar-refractivity contribution in [2.45, 2.75) is 32.0 Å². The minimum atomic E-state index is -4.68. The smallest absolute Gasteiger partial charge is 0.381 e. The molecular formula is C15H19F4NO. The van der Waals surface area contributed by atoms with Crippen molar-refractivity contribution < 1.29 is 22.3 Å². The second kappa shape index (κ2) is 6.75. The zero-order valence-corrected chi connectivity index (χ0v) is 11.8. The van der Waals surface area contributed by atoms with Gasteiger partial charge in [0.2, 0.25) is 0 Å². The van der Waals surface area contributed by atoms with Crippen LogP contribution in [0.3, 0.4) is 0 Å². The number of alkyl halides is 3. The molecule has 0 saturated carbocycles. The lowest BCUT2D eigenvalue weighted by atomic mass is 9.90. The highest BCUT2D eigenvalue weighted by atomic mass is 19.4. The molecule has 1 aliphatic rings. The lowest BCUT2D eigenvalue weighted by Crippen LogP contribution is -2.30. The Morgan fingerprint density at radius 2 is 2.14 bits per heavy atom. The van der Waals surface area contributed by atoms with Crippen molar-refractivity contribution in [3.05, 3.63) is 35.1 Å². The van der Waals surface area contributed by atoms with E-state index < -0.39 is 23.6 Å². The molecule has 2 rings (SSSR count). The highest BCUT2D eigenvalue weighted by Gasteiger charge is 2.37. The molecule has 0 radical (unpaired) electrons. The number of benzene rings is 1. The van der Waals surface area contributed by atoms with Crippen LogP contribution in [-0.4, -0.2) is 19.8 Å². The molecule has 1 aromatic rings. The fourth-order valence-corrected chi connectivity index (χ4v) is 2.65. The van der Waals surface area contributed by atoms with Crippen LogP contribution in [0.1, 0.15) is 36.9 Å². The Morgan fingerprint density at radius 1 is 1.38 bits per heavy atom. The summed E-state index contributed by atoms with van der Waals surface area (Å²) in [4.78, 5) is 0. The van der Waals surface area contributed by atoms with Crippen LogP contribution in [0.5, 0.6) is 0 Å². The van der Waals surface area contributed by atoms with Crippen molar-refractivity contribution in [1.29, 1.82) is 0 Å². The molecule has 0 bridgehead atoms. The van der Waals surface area contributed by atoms with E-state index in [2.05, 4.69) is 5.32 Å². The first-order chi connectivity index (χ1) is 9.95. The van der Waals surface area contributed by atoms with E-state index in [0.717, 1.165) is 18.9 Å².